The quantitative estimate of drug-likeness (QED) is 0.728. The first kappa shape index (κ1) is 19.1. The molecule has 22 heavy (non-hydrogen) atoms. The van der Waals surface area contributed by atoms with Crippen molar-refractivity contribution in [1.29, 1.82) is 0 Å². The van der Waals surface area contributed by atoms with Gasteiger partial charge in [0, 0.05) is 21.4 Å². The van der Waals surface area contributed by atoms with E-state index in [1.165, 1.54) is 12.1 Å². The lowest BCUT2D eigenvalue weighted by molar-refractivity contribution is 0.496. The van der Waals surface area contributed by atoms with Crippen molar-refractivity contribution in [3.05, 3.63) is 35.2 Å². The van der Waals surface area contributed by atoms with Gasteiger partial charge >= 0.3 is 0 Å². The third kappa shape index (κ3) is 5.05. The minimum absolute atomic E-state index is 0.0525. The topological polar surface area (TPSA) is 94.6 Å². The van der Waals surface area contributed by atoms with Crippen molar-refractivity contribution in [2.45, 2.75) is 37.5 Å². The minimum atomic E-state index is -3.63. The molecule has 0 aliphatic rings. The summed E-state index contributed by atoms with van der Waals surface area (Å²) in [6, 6.07) is 2.80. The van der Waals surface area contributed by atoms with E-state index in [9.17, 15) is 16.8 Å². The molecule has 0 amide bonds. The van der Waals surface area contributed by atoms with Crippen LogP contribution in [0.4, 0.5) is 0 Å². The largest absolute Gasteiger partial charge is 0.465 e. The van der Waals surface area contributed by atoms with E-state index < -0.39 is 18.1 Å². The van der Waals surface area contributed by atoms with Gasteiger partial charge in [-0.15, -0.1) is 0 Å². The lowest BCUT2D eigenvalue weighted by atomic mass is 10.4. The predicted molar refractivity (Wildman–Crippen MR) is 82.4 cm³/mol. The molecule has 2 heterocycles. The Morgan fingerprint density at radius 2 is 1.00 bits per heavy atom. The van der Waals surface area contributed by atoms with Crippen LogP contribution in [-0.2, 0) is 18.1 Å². The van der Waals surface area contributed by atoms with Gasteiger partial charge in [0.1, 0.15) is 32.8 Å². The number of aryl methyl sites for hydroxylation is 4. The van der Waals surface area contributed by atoms with Crippen LogP contribution in [0, 0.1) is 27.7 Å². The SMILES string of the molecule is Cc1cc(S(=O)(=O)Cl)c(C)o1.Cc1cc(S(=O)(=O)Cl)c(C)o1. The van der Waals surface area contributed by atoms with E-state index in [1.807, 2.05) is 0 Å². The van der Waals surface area contributed by atoms with Crippen LogP contribution in [0.2, 0.25) is 0 Å². The van der Waals surface area contributed by atoms with Gasteiger partial charge < -0.3 is 8.83 Å². The van der Waals surface area contributed by atoms with Crippen LogP contribution in [0.15, 0.2) is 30.8 Å². The van der Waals surface area contributed by atoms with Gasteiger partial charge in [-0.3, -0.25) is 0 Å². The second-order valence-corrected chi connectivity index (χ2v) is 9.50. The summed E-state index contributed by atoms with van der Waals surface area (Å²) < 4.78 is 53.0. The van der Waals surface area contributed by atoms with Crippen LogP contribution in [0.25, 0.3) is 0 Å². The Morgan fingerprint density at radius 3 is 1.09 bits per heavy atom. The standard InChI is InChI=1S/2C6H7ClO3S/c2*1-4-3-6(5(2)10-4)11(7,8)9/h2*3H,1-2H3. The molecular formula is C12H14Cl2O6S2. The highest BCUT2D eigenvalue weighted by Crippen LogP contribution is 2.23. The Labute approximate surface area is 137 Å². The number of hydrogen-bond acceptors (Lipinski definition) is 6. The minimum Gasteiger partial charge on any atom is -0.465 e. The summed E-state index contributed by atoms with van der Waals surface area (Å²) in [5, 5.41) is 0. The Morgan fingerprint density at radius 1 is 0.727 bits per heavy atom. The molecule has 0 atom stereocenters. The monoisotopic (exact) mass is 388 g/mol. The molecule has 2 aromatic heterocycles. The van der Waals surface area contributed by atoms with Crippen molar-refractivity contribution in [3.8, 4) is 0 Å². The summed E-state index contributed by atoms with van der Waals surface area (Å²) in [5.74, 6) is 1.75. The zero-order chi connectivity index (χ0) is 17.3. The van der Waals surface area contributed by atoms with Crippen molar-refractivity contribution >= 4 is 39.5 Å². The van der Waals surface area contributed by atoms with E-state index in [-0.39, 0.29) is 9.79 Å². The molecule has 0 saturated heterocycles. The molecule has 6 nitrogen and oxygen atoms in total. The molecule has 0 spiro atoms. The summed E-state index contributed by atoms with van der Waals surface area (Å²) in [7, 11) is 2.91. The van der Waals surface area contributed by atoms with Gasteiger partial charge in [0.15, 0.2) is 0 Å². The predicted octanol–water partition coefficient (Wildman–Crippen LogP) is 3.65. The third-order valence-electron chi connectivity index (χ3n) is 2.52. The van der Waals surface area contributed by atoms with E-state index >= 15 is 0 Å². The number of rotatable bonds is 2. The highest BCUT2D eigenvalue weighted by molar-refractivity contribution is 8.14. The second-order valence-electron chi connectivity index (χ2n) is 4.43. The fourth-order valence-corrected chi connectivity index (χ4v) is 4.00. The van der Waals surface area contributed by atoms with Crippen LogP contribution in [0.1, 0.15) is 23.0 Å². The van der Waals surface area contributed by atoms with Crippen molar-refractivity contribution < 1.29 is 25.7 Å². The first-order chi connectivity index (χ1) is 9.82. The zero-order valence-corrected chi connectivity index (χ0v) is 15.3. The first-order valence-corrected chi connectivity index (χ1v) is 10.5. The van der Waals surface area contributed by atoms with E-state index in [1.54, 1.807) is 27.7 Å². The van der Waals surface area contributed by atoms with Crippen LogP contribution >= 0.6 is 21.4 Å². The van der Waals surface area contributed by atoms with Crippen molar-refractivity contribution in [2.75, 3.05) is 0 Å². The van der Waals surface area contributed by atoms with Gasteiger partial charge in [-0.05, 0) is 39.8 Å². The first-order valence-electron chi connectivity index (χ1n) is 5.85. The summed E-state index contributed by atoms with van der Waals surface area (Å²) in [6.45, 7) is 6.45. The van der Waals surface area contributed by atoms with E-state index in [0.717, 1.165) is 0 Å². The average Bonchev–Trinajstić information content (AvgIpc) is 2.80. The molecule has 0 saturated carbocycles. The maximum atomic E-state index is 10.8. The number of halogens is 2. The van der Waals surface area contributed by atoms with Gasteiger partial charge in [0.05, 0.1) is 0 Å². The highest BCUT2D eigenvalue weighted by atomic mass is 35.7. The zero-order valence-electron chi connectivity index (χ0n) is 12.2. The molecular weight excluding hydrogens is 375 g/mol. The normalized spacial score (nSPS) is 11.9. The highest BCUT2D eigenvalue weighted by Gasteiger charge is 2.17. The van der Waals surface area contributed by atoms with Crippen LogP contribution in [0.5, 0.6) is 0 Å². The van der Waals surface area contributed by atoms with E-state index in [0.29, 0.717) is 23.0 Å². The summed E-state index contributed by atoms with van der Waals surface area (Å²) in [6.07, 6.45) is 0. The lowest BCUT2D eigenvalue weighted by Gasteiger charge is -1.88. The summed E-state index contributed by atoms with van der Waals surface area (Å²) in [4.78, 5) is 0.105. The van der Waals surface area contributed by atoms with Gasteiger partial charge in [-0.25, -0.2) is 16.8 Å². The molecule has 0 aromatic carbocycles. The summed E-state index contributed by atoms with van der Waals surface area (Å²) in [5.41, 5.74) is 0. The van der Waals surface area contributed by atoms with Crippen LogP contribution < -0.4 is 0 Å². The fraction of sp³-hybridized carbons (Fsp3) is 0.333. The maximum Gasteiger partial charge on any atom is 0.264 e. The molecule has 124 valence electrons. The average molecular weight is 389 g/mol. The van der Waals surface area contributed by atoms with E-state index in [4.69, 9.17) is 30.2 Å². The molecule has 0 aliphatic heterocycles. The smallest absolute Gasteiger partial charge is 0.264 e. The van der Waals surface area contributed by atoms with Crippen molar-refractivity contribution in [3.63, 3.8) is 0 Å². The van der Waals surface area contributed by atoms with Crippen molar-refractivity contribution in [1.82, 2.24) is 0 Å². The molecule has 0 radical (unpaired) electrons. The van der Waals surface area contributed by atoms with Crippen LogP contribution in [-0.4, -0.2) is 16.8 Å². The summed E-state index contributed by atoms with van der Waals surface area (Å²) >= 11 is 0. The Hall–Kier alpha value is -0.960. The molecule has 0 fully saturated rings. The number of hydrogen-bond donors (Lipinski definition) is 0. The molecule has 0 unspecified atom stereocenters. The maximum absolute atomic E-state index is 10.8. The molecule has 0 aliphatic carbocycles. The fourth-order valence-electron chi connectivity index (χ4n) is 1.70. The van der Waals surface area contributed by atoms with Crippen LogP contribution in [0.3, 0.4) is 0 Å². The Bertz CT molecular complexity index is 801. The molecule has 0 bridgehead atoms. The molecule has 0 N–H and O–H groups in total. The molecule has 10 heteroatoms. The lowest BCUT2D eigenvalue weighted by Crippen LogP contribution is -1.88. The van der Waals surface area contributed by atoms with Gasteiger partial charge in [-0.2, -0.15) is 0 Å². The van der Waals surface area contributed by atoms with Crippen molar-refractivity contribution in [2.24, 2.45) is 0 Å². The van der Waals surface area contributed by atoms with Gasteiger partial charge in [0.2, 0.25) is 0 Å². The molecule has 2 rings (SSSR count). The Kier molecular flexibility index (Phi) is 5.77. The molecule has 2 aromatic rings. The van der Waals surface area contributed by atoms with Gasteiger partial charge in [-0.1, -0.05) is 0 Å². The van der Waals surface area contributed by atoms with Gasteiger partial charge in [0.25, 0.3) is 18.1 Å². The third-order valence-corrected chi connectivity index (χ3v) is 5.37. The van der Waals surface area contributed by atoms with E-state index in [2.05, 4.69) is 0 Å². The Balaban J connectivity index is 0.000000220. The second kappa shape index (κ2) is 6.66. The number of furan rings is 2.